The maximum Gasteiger partial charge on any atom is 0.537 e. The molecule has 0 bridgehead atoms. The molecule has 6 nitrogen and oxygen atoms in total. The van der Waals surface area contributed by atoms with Gasteiger partial charge in [0.2, 0.25) is 0 Å². The summed E-state index contributed by atoms with van der Waals surface area (Å²) in [7, 11) is -5.15. The zero-order chi connectivity index (χ0) is 22.1. The van der Waals surface area contributed by atoms with Crippen molar-refractivity contribution >= 4 is 26.8 Å². The number of hydrogen-bond acceptors (Lipinski definition) is 5. The highest BCUT2D eigenvalue weighted by Gasteiger charge is 2.42. The Morgan fingerprint density at radius 3 is 2.47 bits per heavy atom. The summed E-state index contributed by atoms with van der Waals surface area (Å²) in [6, 6.07) is 9.96. The minimum atomic E-state index is -5.39. The number of fused-ring (bicyclic) bond motifs is 4. The number of carbonyl (C=O) groups excluding carboxylic acids is 1. The predicted octanol–water partition coefficient (Wildman–Crippen LogP) is 4.13. The topological polar surface area (TPSA) is 100 Å². The first-order valence-electron chi connectivity index (χ1n) is 8.63. The van der Waals surface area contributed by atoms with E-state index >= 15 is 0 Å². The molecule has 4 rings (SSSR count). The van der Waals surface area contributed by atoms with Crippen LogP contribution in [0.2, 0.25) is 0 Å². The van der Waals surface area contributed by atoms with E-state index in [-0.39, 0.29) is 5.56 Å². The number of rotatable bonds is 2. The van der Waals surface area contributed by atoms with Crippen molar-refractivity contribution in [1.82, 2.24) is 4.98 Å². The number of benzene rings is 2. The van der Waals surface area contributed by atoms with Crippen LogP contribution in [0.25, 0.3) is 10.9 Å². The molecule has 1 N–H and O–H groups in total. The standard InChI is InChI=1S/C20H13F3N2O4S/c1-19(2)14-6-4-11(30(27,28)29-20(21,22)23)8-13(14)17(26)16-12-5-3-10(9-24)7-15(12)25-18(16)19/h3-8,25H,1-2H3. The van der Waals surface area contributed by atoms with Gasteiger partial charge in [-0.15, -0.1) is 13.2 Å². The van der Waals surface area contributed by atoms with Crippen molar-refractivity contribution in [1.29, 1.82) is 5.26 Å². The van der Waals surface area contributed by atoms with E-state index in [2.05, 4.69) is 9.17 Å². The quantitative estimate of drug-likeness (QED) is 0.611. The summed E-state index contributed by atoms with van der Waals surface area (Å²) in [5, 5.41) is 9.64. The van der Waals surface area contributed by atoms with E-state index in [0.717, 1.165) is 12.1 Å². The molecule has 0 unspecified atom stereocenters. The third-order valence-electron chi connectivity index (χ3n) is 5.18. The molecular weight excluding hydrogens is 421 g/mol. The van der Waals surface area contributed by atoms with Crippen LogP contribution in [0.5, 0.6) is 0 Å². The number of alkyl halides is 3. The lowest BCUT2D eigenvalue weighted by atomic mass is 9.71. The van der Waals surface area contributed by atoms with Crippen LogP contribution in [0.3, 0.4) is 0 Å². The number of hydrogen-bond donors (Lipinski definition) is 1. The highest BCUT2D eigenvalue weighted by molar-refractivity contribution is 7.86. The summed E-state index contributed by atoms with van der Waals surface area (Å²) < 4.78 is 64.7. The number of carbonyl (C=O) groups is 1. The van der Waals surface area contributed by atoms with Crippen LogP contribution in [0.1, 0.15) is 46.6 Å². The number of nitrogens with zero attached hydrogens (tertiary/aromatic N) is 1. The summed E-state index contributed by atoms with van der Waals surface area (Å²) in [6.45, 7) is 3.61. The van der Waals surface area contributed by atoms with Crippen molar-refractivity contribution in [2.45, 2.75) is 30.5 Å². The van der Waals surface area contributed by atoms with Crippen LogP contribution in [0.4, 0.5) is 13.2 Å². The Bertz CT molecular complexity index is 1380. The van der Waals surface area contributed by atoms with Crippen molar-refractivity contribution in [3.8, 4) is 6.07 Å². The smallest absolute Gasteiger partial charge is 0.357 e. The minimum Gasteiger partial charge on any atom is -0.357 e. The van der Waals surface area contributed by atoms with Gasteiger partial charge in [0.05, 0.1) is 22.1 Å². The van der Waals surface area contributed by atoms with Crippen LogP contribution in [-0.2, 0) is 19.7 Å². The normalized spacial score (nSPS) is 15.5. The van der Waals surface area contributed by atoms with Gasteiger partial charge in [0.15, 0.2) is 5.78 Å². The first kappa shape index (κ1) is 20.1. The highest BCUT2D eigenvalue weighted by Crippen LogP contribution is 2.44. The molecule has 1 aromatic heterocycles. The molecule has 30 heavy (non-hydrogen) atoms. The van der Waals surface area contributed by atoms with Gasteiger partial charge >= 0.3 is 16.5 Å². The van der Waals surface area contributed by atoms with Crippen LogP contribution in [0.15, 0.2) is 41.3 Å². The zero-order valence-electron chi connectivity index (χ0n) is 15.6. The fourth-order valence-electron chi connectivity index (χ4n) is 3.83. The molecule has 154 valence electrons. The summed E-state index contributed by atoms with van der Waals surface area (Å²) in [5.41, 5.74) is 1.47. The number of nitriles is 1. The molecule has 0 spiro atoms. The number of aromatic amines is 1. The van der Waals surface area contributed by atoms with E-state index in [1.165, 1.54) is 6.07 Å². The second kappa shape index (κ2) is 6.17. The first-order chi connectivity index (χ1) is 13.8. The van der Waals surface area contributed by atoms with E-state index in [4.69, 9.17) is 5.26 Å². The van der Waals surface area contributed by atoms with Gasteiger partial charge < -0.3 is 4.98 Å². The molecule has 0 saturated carbocycles. The van der Waals surface area contributed by atoms with Gasteiger partial charge in [-0.2, -0.15) is 17.9 Å². The number of halogens is 3. The van der Waals surface area contributed by atoms with Gasteiger partial charge in [-0.3, -0.25) is 4.79 Å². The molecule has 1 heterocycles. The van der Waals surface area contributed by atoms with E-state index in [0.29, 0.717) is 33.3 Å². The minimum absolute atomic E-state index is 0.0235. The Hall–Kier alpha value is -3.16. The lowest BCUT2D eigenvalue weighted by Gasteiger charge is -2.32. The Balaban J connectivity index is 1.93. The highest BCUT2D eigenvalue weighted by atomic mass is 32.2. The number of H-pyrrole nitrogens is 1. The van der Waals surface area contributed by atoms with Gasteiger partial charge in [-0.05, 0) is 29.8 Å². The molecule has 2 aromatic carbocycles. The predicted molar refractivity (Wildman–Crippen MR) is 99.3 cm³/mol. The molecule has 0 saturated heterocycles. The fourth-order valence-corrected chi connectivity index (χ4v) is 4.67. The van der Waals surface area contributed by atoms with Gasteiger partial charge in [0.25, 0.3) is 0 Å². The van der Waals surface area contributed by atoms with Gasteiger partial charge in [0, 0.05) is 27.6 Å². The fraction of sp³-hybridized carbons (Fsp3) is 0.200. The average Bonchev–Trinajstić information content (AvgIpc) is 3.04. The van der Waals surface area contributed by atoms with Gasteiger partial charge in [0.1, 0.15) is 0 Å². The van der Waals surface area contributed by atoms with Crippen molar-refractivity contribution in [2.75, 3.05) is 0 Å². The summed E-state index contributed by atoms with van der Waals surface area (Å²) in [4.78, 5) is 15.6. The third kappa shape index (κ3) is 2.98. The molecule has 0 radical (unpaired) electrons. The lowest BCUT2D eigenvalue weighted by Crippen LogP contribution is -2.30. The maximum atomic E-state index is 13.2. The molecule has 10 heteroatoms. The molecule has 0 aliphatic heterocycles. The Morgan fingerprint density at radius 1 is 1.13 bits per heavy atom. The average molecular weight is 434 g/mol. The molecule has 1 aliphatic carbocycles. The lowest BCUT2D eigenvalue weighted by molar-refractivity contribution is -0.271. The molecule has 0 atom stereocenters. The van der Waals surface area contributed by atoms with Crippen molar-refractivity contribution < 1.29 is 30.6 Å². The van der Waals surface area contributed by atoms with Crippen LogP contribution in [-0.4, -0.2) is 25.5 Å². The Morgan fingerprint density at radius 2 is 1.83 bits per heavy atom. The van der Waals surface area contributed by atoms with E-state index in [1.54, 1.807) is 32.0 Å². The van der Waals surface area contributed by atoms with Gasteiger partial charge in [-0.25, -0.2) is 0 Å². The zero-order valence-corrected chi connectivity index (χ0v) is 16.4. The largest absolute Gasteiger partial charge is 0.537 e. The molecule has 0 amide bonds. The second-order valence-corrected chi connectivity index (χ2v) is 8.94. The molecular formula is C20H13F3N2O4S. The van der Waals surface area contributed by atoms with Crippen molar-refractivity contribution in [2.24, 2.45) is 0 Å². The van der Waals surface area contributed by atoms with E-state index in [9.17, 15) is 26.4 Å². The summed E-state index contributed by atoms with van der Waals surface area (Å²) in [6.07, 6.45) is -5.39. The van der Waals surface area contributed by atoms with Crippen molar-refractivity contribution in [3.05, 3.63) is 64.3 Å². The molecule has 0 fully saturated rings. The second-order valence-electron chi connectivity index (χ2n) is 7.39. The van der Waals surface area contributed by atoms with E-state index in [1.807, 2.05) is 6.07 Å². The first-order valence-corrected chi connectivity index (χ1v) is 10.0. The van der Waals surface area contributed by atoms with Crippen LogP contribution in [0, 0.1) is 11.3 Å². The van der Waals surface area contributed by atoms with Crippen LogP contribution >= 0.6 is 0 Å². The number of nitrogens with one attached hydrogen (secondary N) is 1. The third-order valence-corrected chi connectivity index (χ3v) is 6.42. The van der Waals surface area contributed by atoms with E-state index < -0.39 is 32.6 Å². The monoisotopic (exact) mass is 434 g/mol. The summed E-state index contributed by atoms with van der Waals surface area (Å²) in [5.74, 6) is -0.528. The number of ketones is 1. The van der Waals surface area contributed by atoms with Crippen LogP contribution < -0.4 is 0 Å². The SMILES string of the molecule is CC1(C)c2ccc(S(=O)(=O)OC(F)(F)F)cc2C(=O)c2c1[nH]c1cc(C#N)ccc21. The maximum absolute atomic E-state index is 13.2. The number of aromatic nitrogens is 1. The summed E-state index contributed by atoms with van der Waals surface area (Å²) >= 11 is 0. The molecule has 1 aliphatic rings. The Kier molecular flexibility index (Phi) is 4.14. The van der Waals surface area contributed by atoms with Gasteiger partial charge in [-0.1, -0.05) is 26.0 Å². The van der Waals surface area contributed by atoms with Crippen molar-refractivity contribution in [3.63, 3.8) is 0 Å². The Labute approximate surface area is 169 Å². The molecule has 3 aromatic rings.